The summed E-state index contributed by atoms with van der Waals surface area (Å²) in [5.41, 5.74) is -1.25. The van der Waals surface area contributed by atoms with Crippen LogP contribution in [0.25, 0.3) is 0 Å². The Kier molecular flexibility index (Phi) is 5.01. The molecule has 1 aliphatic carbocycles. The molecule has 98 valence electrons. The van der Waals surface area contributed by atoms with E-state index in [4.69, 9.17) is 0 Å². The van der Waals surface area contributed by atoms with Crippen LogP contribution < -0.4 is 0 Å². The van der Waals surface area contributed by atoms with Crippen LogP contribution in [0.5, 0.6) is 0 Å². The van der Waals surface area contributed by atoms with Crippen molar-refractivity contribution in [2.24, 2.45) is 11.3 Å². The Morgan fingerprint density at radius 1 is 1.29 bits per heavy atom. The van der Waals surface area contributed by atoms with Gasteiger partial charge >= 0.3 is 0 Å². The predicted molar refractivity (Wildman–Crippen MR) is 70.4 cm³/mol. The largest absolute Gasteiger partial charge is 0.388 e. The lowest BCUT2D eigenvalue weighted by Crippen LogP contribution is -2.49. The first-order valence-electron chi connectivity index (χ1n) is 7.21. The van der Waals surface area contributed by atoms with E-state index in [2.05, 4.69) is 19.9 Å². The van der Waals surface area contributed by atoms with Crippen LogP contribution in [-0.2, 0) is 0 Å². The maximum Gasteiger partial charge on any atom is 0.0860 e. The van der Waals surface area contributed by atoms with Gasteiger partial charge in [0.2, 0.25) is 0 Å². The lowest BCUT2D eigenvalue weighted by atomic mass is 9.60. The van der Waals surface area contributed by atoms with Gasteiger partial charge in [0.15, 0.2) is 0 Å². The van der Waals surface area contributed by atoms with Crippen molar-refractivity contribution in [2.75, 3.05) is 0 Å². The predicted octanol–water partition coefficient (Wildman–Crippen LogP) is 4.04. The van der Waals surface area contributed by atoms with Gasteiger partial charge in [0.1, 0.15) is 0 Å². The number of aliphatic hydroxyl groups is 1. The molecular formula is C15H27NO. The maximum absolute atomic E-state index is 10.8. The molecule has 0 radical (unpaired) electrons. The summed E-state index contributed by atoms with van der Waals surface area (Å²) in [5, 5.41) is 20.4. The third-order valence-corrected chi connectivity index (χ3v) is 4.89. The summed E-state index contributed by atoms with van der Waals surface area (Å²) < 4.78 is 0. The number of rotatable bonds is 5. The van der Waals surface area contributed by atoms with Gasteiger partial charge in [0.25, 0.3) is 0 Å². The first-order valence-corrected chi connectivity index (χ1v) is 7.21. The molecule has 1 atom stereocenters. The molecule has 1 unspecified atom stereocenters. The molecule has 0 amide bonds. The quantitative estimate of drug-likeness (QED) is 0.784. The third kappa shape index (κ3) is 2.65. The monoisotopic (exact) mass is 237 g/mol. The Hall–Kier alpha value is -0.550. The van der Waals surface area contributed by atoms with Gasteiger partial charge < -0.3 is 5.11 Å². The Morgan fingerprint density at radius 2 is 1.88 bits per heavy atom. The molecule has 1 fully saturated rings. The van der Waals surface area contributed by atoms with E-state index in [0.29, 0.717) is 6.42 Å². The van der Waals surface area contributed by atoms with E-state index >= 15 is 0 Å². The van der Waals surface area contributed by atoms with Crippen LogP contribution in [0.3, 0.4) is 0 Å². The zero-order valence-corrected chi connectivity index (χ0v) is 11.6. The molecule has 1 aliphatic rings. The minimum Gasteiger partial charge on any atom is -0.388 e. The van der Waals surface area contributed by atoms with E-state index in [9.17, 15) is 10.4 Å². The zero-order chi connectivity index (χ0) is 12.9. The Morgan fingerprint density at radius 3 is 2.24 bits per heavy atom. The molecule has 1 N–H and O–H groups in total. The molecule has 1 saturated carbocycles. The van der Waals surface area contributed by atoms with Gasteiger partial charge in [-0.05, 0) is 44.4 Å². The van der Waals surface area contributed by atoms with Crippen molar-refractivity contribution >= 4 is 0 Å². The summed E-state index contributed by atoms with van der Waals surface area (Å²) in [7, 11) is 0. The van der Waals surface area contributed by atoms with E-state index in [-0.39, 0.29) is 0 Å². The van der Waals surface area contributed by atoms with Gasteiger partial charge in [-0.25, -0.2) is 0 Å². The molecule has 0 aromatic rings. The zero-order valence-electron chi connectivity index (χ0n) is 11.6. The number of hydrogen-bond donors (Lipinski definition) is 1. The normalized spacial score (nSPS) is 32.8. The first-order chi connectivity index (χ1) is 8.07. The molecule has 0 aliphatic heterocycles. The van der Waals surface area contributed by atoms with Crippen molar-refractivity contribution in [1.82, 2.24) is 0 Å². The van der Waals surface area contributed by atoms with Gasteiger partial charge in [0.05, 0.1) is 17.1 Å². The number of nitrogens with zero attached hydrogens (tertiary/aromatic N) is 1. The maximum atomic E-state index is 10.8. The lowest BCUT2D eigenvalue weighted by molar-refractivity contribution is -0.0873. The molecule has 2 heteroatoms. The third-order valence-electron chi connectivity index (χ3n) is 4.89. The van der Waals surface area contributed by atoms with E-state index in [0.717, 1.165) is 44.4 Å². The summed E-state index contributed by atoms with van der Waals surface area (Å²) in [4.78, 5) is 0. The summed E-state index contributed by atoms with van der Waals surface area (Å²) in [6.07, 6.45) is 7.59. The van der Waals surface area contributed by atoms with Gasteiger partial charge in [-0.15, -0.1) is 0 Å². The van der Waals surface area contributed by atoms with Crippen molar-refractivity contribution in [2.45, 2.75) is 77.7 Å². The fourth-order valence-electron chi connectivity index (χ4n) is 3.43. The van der Waals surface area contributed by atoms with Crippen molar-refractivity contribution in [3.05, 3.63) is 0 Å². The second-order valence-corrected chi connectivity index (χ2v) is 5.68. The topological polar surface area (TPSA) is 44.0 Å². The van der Waals surface area contributed by atoms with Crippen LogP contribution in [0.2, 0.25) is 0 Å². The van der Waals surface area contributed by atoms with E-state index in [1.807, 2.05) is 6.92 Å². The van der Waals surface area contributed by atoms with Crippen LogP contribution in [0, 0.1) is 22.7 Å². The van der Waals surface area contributed by atoms with Crippen LogP contribution in [0.4, 0.5) is 0 Å². The summed E-state index contributed by atoms with van der Waals surface area (Å²) in [6, 6.07) is 2.49. The molecule has 2 nitrogen and oxygen atoms in total. The second kappa shape index (κ2) is 5.87. The van der Waals surface area contributed by atoms with Crippen molar-refractivity contribution < 1.29 is 5.11 Å². The fraction of sp³-hybridized carbons (Fsp3) is 0.933. The van der Waals surface area contributed by atoms with Gasteiger partial charge in [-0.1, -0.05) is 33.6 Å². The molecule has 0 bridgehead atoms. The van der Waals surface area contributed by atoms with Gasteiger partial charge in [-0.2, -0.15) is 5.26 Å². The van der Waals surface area contributed by atoms with Crippen LogP contribution >= 0.6 is 0 Å². The molecular weight excluding hydrogens is 210 g/mol. The molecule has 0 saturated heterocycles. The molecule has 0 aromatic carbocycles. The van der Waals surface area contributed by atoms with Crippen molar-refractivity contribution in [3.63, 3.8) is 0 Å². The van der Waals surface area contributed by atoms with Gasteiger partial charge in [0, 0.05) is 0 Å². The van der Waals surface area contributed by atoms with Crippen LogP contribution in [0.15, 0.2) is 0 Å². The summed E-state index contributed by atoms with van der Waals surface area (Å²) in [5.74, 6) is 0.763. The first kappa shape index (κ1) is 14.5. The minimum atomic E-state index is -0.769. The highest BCUT2D eigenvalue weighted by atomic mass is 16.3. The number of hydrogen-bond acceptors (Lipinski definition) is 2. The standard InChI is InChI=1S/C15H27NO/c1-4-9-15(17,6-3)14(12-16)10-7-13(5-2)8-11-14/h13,17H,4-11H2,1-3H3. The average Bonchev–Trinajstić information content (AvgIpc) is 2.38. The smallest absolute Gasteiger partial charge is 0.0860 e. The van der Waals surface area contributed by atoms with Crippen molar-refractivity contribution in [1.29, 1.82) is 5.26 Å². The fourth-order valence-corrected chi connectivity index (χ4v) is 3.43. The summed E-state index contributed by atoms with van der Waals surface area (Å²) >= 11 is 0. The Bertz CT molecular complexity index is 273. The van der Waals surface area contributed by atoms with E-state index in [1.54, 1.807) is 0 Å². The second-order valence-electron chi connectivity index (χ2n) is 5.68. The Labute approximate surface area is 106 Å². The highest BCUT2D eigenvalue weighted by Crippen LogP contribution is 2.49. The molecule has 0 spiro atoms. The van der Waals surface area contributed by atoms with Crippen LogP contribution in [0.1, 0.15) is 72.1 Å². The molecule has 1 rings (SSSR count). The lowest BCUT2D eigenvalue weighted by Gasteiger charge is -2.46. The van der Waals surface area contributed by atoms with Crippen LogP contribution in [-0.4, -0.2) is 10.7 Å². The minimum absolute atomic E-state index is 0.483. The summed E-state index contributed by atoms with van der Waals surface area (Å²) in [6.45, 7) is 6.33. The van der Waals surface area contributed by atoms with Crippen molar-refractivity contribution in [3.8, 4) is 6.07 Å². The highest BCUT2D eigenvalue weighted by molar-refractivity contribution is 5.12. The SMILES string of the molecule is CCCC(O)(CC)C1(C#N)CCC(CC)CC1. The van der Waals surface area contributed by atoms with E-state index in [1.165, 1.54) is 6.42 Å². The average molecular weight is 237 g/mol. The van der Waals surface area contributed by atoms with Gasteiger partial charge in [-0.3, -0.25) is 0 Å². The highest BCUT2D eigenvalue weighted by Gasteiger charge is 2.50. The molecule has 0 heterocycles. The number of nitriles is 1. The van der Waals surface area contributed by atoms with E-state index < -0.39 is 11.0 Å². The molecule has 17 heavy (non-hydrogen) atoms. The Balaban J connectivity index is 2.86. The molecule has 0 aromatic heterocycles.